The van der Waals surface area contributed by atoms with Gasteiger partial charge in [0.05, 0.1) is 0 Å². The second-order valence-electron chi connectivity index (χ2n) is 5.28. The van der Waals surface area contributed by atoms with Gasteiger partial charge < -0.3 is 15.0 Å². The van der Waals surface area contributed by atoms with E-state index in [0.717, 1.165) is 32.5 Å². The smallest absolute Gasteiger partial charge is 0.372 e. The fraction of sp³-hybridized carbons (Fsp3) is 1.00. The average Bonchev–Trinajstić information content (AvgIpc) is 2.37. The molecule has 19 heavy (non-hydrogen) atoms. The third kappa shape index (κ3) is 7.13. The highest BCUT2D eigenvalue weighted by Crippen LogP contribution is 2.20. The van der Waals surface area contributed by atoms with E-state index >= 15 is 0 Å². The van der Waals surface area contributed by atoms with E-state index in [2.05, 4.69) is 21.9 Å². The van der Waals surface area contributed by atoms with Gasteiger partial charge in [0.15, 0.2) is 0 Å². The molecule has 0 radical (unpaired) electrons. The van der Waals surface area contributed by atoms with Crippen LogP contribution >= 0.6 is 0 Å². The topological polar surface area (TPSA) is 24.5 Å². The number of halogens is 3. The van der Waals surface area contributed by atoms with Crippen LogP contribution in [0.2, 0.25) is 0 Å². The predicted molar refractivity (Wildman–Crippen MR) is 69.2 cm³/mol. The highest BCUT2D eigenvalue weighted by molar-refractivity contribution is 4.78. The van der Waals surface area contributed by atoms with Gasteiger partial charge in [0.25, 0.3) is 0 Å². The van der Waals surface area contributed by atoms with Crippen molar-refractivity contribution in [3.8, 4) is 0 Å². The standard InChI is InChI=1S/C13H25F3N2O/c1-11(17-2)12-4-7-18(8-5-12)6-3-9-19-10-13(14,15)16/h11-12,17H,3-10H2,1-2H3. The van der Waals surface area contributed by atoms with Gasteiger partial charge in [0.1, 0.15) is 6.61 Å². The molecule has 0 aliphatic carbocycles. The fourth-order valence-electron chi connectivity index (χ4n) is 2.49. The maximum Gasteiger partial charge on any atom is 0.411 e. The minimum Gasteiger partial charge on any atom is -0.372 e. The number of hydrogen-bond donors (Lipinski definition) is 1. The number of alkyl halides is 3. The number of rotatable bonds is 7. The fourth-order valence-corrected chi connectivity index (χ4v) is 2.49. The molecule has 1 unspecified atom stereocenters. The van der Waals surface area contributed by atoms with Crippen molar-refractivity contribution in [2.75, 3.05) is 39.9 Å². The lowest BCUT2D eigenvalue weighted by Gasteiger charge is -2.34. The molecule has 6 heteroatoms. The van der Waals surface area contributed by atoms with E-state index in [4.69, 9.17) is 0 Å². The van der Waals surface area contributed by atoms with Crippen LogP contribution in [-0.2, 0) is 4.74 Å². The number of hydrogen-bond acceptors (Lipinski definition) is 3. The SMILES string of the molecule is CNC(C)C1CCN(CCCOCC(F)(F)F)CC1. The summed E-state index contributed by atoms with van der Waals surface area (Å²) in [5.74, 6) is 0.711. The highest BCUT2D eigenvalue weighted by atomic mass is 19.4. The molecule has 1 N–H and O–H groups in total. The molecule has 0 aromatic rings. The zero-order chi connectivity index (χ0) is 14.3. The Balaban J connectivity index is 2.04. The molecule has 114 valence electrons. The molecule has 0 aromatic heterocycles. The van der Waals surface area contributed by atoms with Crippen LogP contribution in [0.3, 0.4) is 0 Å². The average molecular weight is 282 g/mol. The molecule has 1 rings (SSSR count). The molecule has 0 spiro atoms. The molecular weight excluding hydrogens is 257 g/mol. The molecule has 1 fully saturated rings. The molecular formula is C13H25F3N2O. The number of likely N-dealkylation sites (tertiary alicyclic amines) is 1. The Kier molecular flexibility index (Phi) is 7.10. The Morgan fingerprint density at radius 1 is 1.32 bits per heavy atom. The Hall–Kier alpha value is -0.330. The second-order valence-corrected chi connectivity index (χ2v) is 5.28. The van der Waals surface area contributed by atoms with Crippen molar-refractivity contribution in [3.05, 3.63) is 0 Å². The monoisotopic (exact) mass is 282 g/mol. The lowest BCUT2D eigenvalue weighted by atomic mass is 9.90. The summed E-state index contributed by atoms with van der Waals surface area (Å²) in [7, 11) is 1.98. The molecule has 0 aromatic carbocycles. The Morgan fingerprint density at radius 3 is 2.47 bits per heavy atom. The van der Waals surface area contributed by atoms with E-state index in [1.807, 2.05) is 7.05 Å². The largest absolute Gasteiger partial charge is 0.411 e. The molecule has 3 nitrogen and oxygen atoms in total. The molecule has 0 amide bonds. The Morgan fingerprint density at radius 2 is 1.95 bits per heavy atom. The lowest BCUT2D eigenvalue weighted by Crippen LogP contribution is -2.41. The van der Waals surface area contributed by atoms with Gasteiger partial charge in [-0.25, -0.2) is 0 Å². The van der Waals surface area contributed by atoms with Gasteiger partial charge in [-0.05, 0) is 52.2 Å². The van der Waals surface area contributed by atoms with Crippen LogP contribution in [0.1, 0.15) is 26.2 Å². The van der Waals surface area contributed by atoms with E-state index in [1.165, 1.54) is 0 Å². The summed E-state index contributed by atoms with van der Waals surface area (Å²) in [4.78, 5) is 2.32. The molecule has 1 aliphatic heterocycles. The first-order valence-electron chi connectivity index (χ1n) is 6.96. The maximum atomic E-state index is 11.8. The number of piperidine rings is 1. The van der Waals surface area contributed by atoms with Crippen molar-refractivity contribution in [2.45, 2.75) is 38.4 Å². The number of nitrogens with one attached hydrogen (secondary N) is 1. The van der Waals surface area contributed by atoms with Crippen LogP contribution in [0.5, 0.6) is 0 Å². The molecule has 1 saturated heterocycles. The van der Waals surface area contributed by atoms with Gasteiger partial charge in [-0.2, -0.15) is 13.2 Å². The summed E-state index contributed by atoms with van der Waals surface area (Å²) < 4.78 is 40.1. The summed E-state index contributed by atoms with van der Waals surface area (Å²) in [6.07, 6.45) is -1.22. The summed E-state index contributed by atoms with van der Waals surface area (Å²) in [6.45, 7) is 4.16. The Labute approximate surface area is 113 Å². The van der Waals surface area contributed by atoms with Crippen molar-refractivity contribution in [2.24, 2.45) is 5.92 Å². The molecule has 0 bridgehead atoms. The quantitative estimate of drug-likeness (QED) is 0.725. The number of nitrogens with zero attached hydrogens (tertiary/aromatic N) is 1. The third-order valence-electron chi connectivity index (χ3n) is 3.82. The zero-order valence-corrected chi connectivity index (χ0v) is 11.8. The lowest BCUT2D eigenvalue weighted by molar-refractivity contribution is -0.174. The van der Waals surface area contributed by atoms with Gasteiger partial charge in [0.2, 0.25) is 0 Å². The third-order valence-corrected chi connectivity index (χ3v) is 3.82. The van der Waals surface area contributed by atoms with Crippen molar-refractivity contribution in [3.63, 3.8) is 0 Å². The van der Waals surface area contributed by atoms with E-state index < -0.39 is 12.8 Å². The van der Waals surface area contributed by atoms with Crippen molar-refractivity contribution in [1.82, 2.24) is 10.2 Å². The van der Waals surface area contributed by atoms with Gasteiger partial charge in [-0.15, -0.1) is 0 Å². The van der Waals surface area contributed by atoms with Crippen LogP contribution in [0.25, 0.3) is 0 Å². The van der Waals surface area contributed by atoms with Crippen LogP contribution in [0, 0.1) is 5.92 Å². The summed E-state index contributed by atoms with van der Waals surface area (Å²) in [5, 5.41) is 3.28. The van der Waals surface area contributed by atoms with Crippen LogP contribution in [0.15, 0.2) is 0 Å². The maximum absolute atomic E-state index is 11.8. The highest BCUT2D eigenvalue weighted by Gasteiger charge is 2.27. The van der Waals surface area contributed by atoms with Gasteiger partial charge in [-0.1, -0.05) is 0 Å². The summed E-state index contributed by atoms with van der Waals surface area (Å²) in [5.41, 5.74) is 0. The van der Waals surface area contributed by atoms with Crippen molar-refractivity contribution >= 4 is 0 Å². The zero-order valence-electron chi connectivity index (χ0n) is 11.8. The second kappa shape index (κ2) is 8.07. The van der Waals surface area contributed by atoms with Gasteiger partial charge in [-0.3, -0.25) is 0 Å². The number of ether oxygens (including phenoxy) is 1. The Bertz CT molecular complexity index is 241. The normalized spacial score (nSPS) is 20.7. The minimum atomic E-state index is -4.21. The first-order chi connectivity index (χ1) is 8.92. The van der Waals surface area contributed by atoms with E-state index in [9.17, 15) is 13.2 Å². The minimum absolute atomic E-state index is 0.187. The molecule has 1 aliphatic rings. The van der Waals surface area contributed by atoms with E-state index in [-0.39, 0.29) is 6.61 Å². The van der Waals surface area contributed by atoms with E-state index in [1.54, 1.807) is 0 Å². The van der Waals surface area contributed by atoms with Crippen molar-refractivity contribution in [1.29, 1.82) is 0 Å². The molecule has 1 heterocycles. The molecule has 1 atom stereocenters. The summed E-state index contributed by atoms with van der Waals surface area (Å²) >= 11 is 0. The van der Waals surface area contributed by atoms with Gasteiger partial charge >= 0.3 is 6.18 Å². The molecule has 0 saturated carbocycles. The van der Waals surface area contributed by atoms with Gasteiger partial charge in [0, 0.05) is 19.2 Å². The van der Waals surface area contributed by atoms with Crippen LogP contribution < -0.4 is 5.32 Å². The predicted octanol–water partition coefficient (Wildman–Crippen LogP) is 2.28. The first kappa shape index (κ1) is 16.7. The van der Waals surface area contributed by atoms with Crippen LogP contribution in [-0.4, -0.2) is 57.0 Å². The summed E-state index contributed by atoms with van der Waals surface area (Å²) in [6, 6.07) is 0.539. The van der Waals surface area contributed by atoms with Crippen LogP contribution in [0.4, 0.5) is 13.2 Å². The van der Waals surface area contributed by atoms with E-state index in [0.29, 0.717) is 18.4 Å². The van der Waals surface area contributed by atoms with Crippen molar-refractivity contribution < 1.29 is 17.9 Å². The first-order valence-corrected chi connectivity index (χ1v) is 6.96.